The van der Waals surface area contributed by atoms with Crippen molar-refractivity contribution >= 4 is 11.8 Å². The van der Waals surface area contributed by atoms with Crippen molar-refractivity contribution in [3.63, 3.8) is 0 Å². The van der Waals surface area contributed by atoms with E-state index < -0.39 is 0 Å². The second-order valence-corrected chi connectivity index (χ2v) is 3.75. The Balaban J connectivity index is 1.73. The lowest BCUT2D eigenvalue weighted by atomic mass is 10.2. The fourth-order valence-corrected chi connectivity index (χ4v) is 1.60. The number of nitrogens with zero attached hydrogens (tertiary/aromatic N) is 1. The predicted molar refractivity (Wildman–Crippen MR) is 47.8 cm³/mol. The normalized spacial score (nSPS) is 21.7. The Morgan fingerprint density at radius 3 is 2.38 bits per heavy atom. The summed E-state index contributed by atoms with van der Waals surface area (Å²) < 4.78 is 0. The van der Waals surface area contributed by atoms with E-state index in [0.717, 1.165) is 18.8 Å². The third-order valence-corrected chi connectivity index (χ3v) is 2.59. The van der Waals surface area contributed by atoms with Gasteiger partial charge in [0.15, 0.2) is 0 Å². The number of hydrogen-bond acceptors (Lipinski definition) is 2. The van der Waals surface area contributed by atoms with E-state index in [1.165, 1.54) is 29.9 Å². The van der Waals surface area contributed by atoms with Crippen LogP contribution in [-0.2, 0) is 9.59 Å². The summed E-state index contributed by atoms with van der Waals surface area (Å²) in [4.78, 5) is 23.5. The second kappa shape index (κ2) is 3.32. The standard InChI is InChI=1S/C10H13NO2/c12-9-5-6-10(13)11(9)7-1-2-8-3-4-8/h5-6,8H,1-4,7H2. The van der Waals surface area contributed by atoms with Crippen molar-refractivity contribution in [1.29, 1.82) is 0 Å². The van der Waals surface area contributed by atoms with E-state index in [-0.39, 0.29) is 11.8 Å². The molecule has 1 heterocycles. The molecular weight excluding hydrogens is 166 g/mol. The van der Waals surface area contributed by atoms with Gasteiger partial charge in [-0.25, -0.2) is 0 Å². The molecule has 13 heavy (non-hydrogen) atoms. The Morgan fingerprint density at radius 2 is 1.85 bits per heavy atom. The van der Waals surface area contributed by atoms with Crippen LogP contribution in [-0.4, -0.2) is 23.3 Å². The molecule has 3 nitrogen and oxygen atoms in total. The van der Waals surface area contributed by atoms with Crippen molar-refractivity contribution in [2.45, 2.75) is 25.7 Å². The molecule has 2 rings (SSSR count). The molecule has 70 valence electrons. The lowest BCUT2D eigenvalue weighted by molar-refractivity contribution is -0.136. The van der Waals surface area contributed by atoms with Crippen LogP contribution in [0, 0.1) is 5.92 Å². The van der Waals surface area contributed by atoms with Gasteiger partial charge in [0, 0.05) is 18.7 Å². The summed E-state index contributed by atoms with van der Waals surface area (Å²) in [6.07, 6.45) is 7.49. The van der Waals surface area contributed by atoms with Crippen molar-refractivity contribution in [2.24, 2.45) is 5.92 Å². The number of amides is 2. The Morgan fingerprint density at radius 1 is 1.23 bits per heavy atom. The van der Waals surface area contributed by atoms with E-state index in [9.17, 15) is 9.59 Å². The number of carbonyl (C=O) groups is 2. The summed E-state index contributed by atoms with van der Waals surface area (Å²) in [5, 5.41) is 0. The summed E-state index contributed by atoms with van der Waals surface area (Å²) >= 11 is 0. The van der Waals surface area contributed by atoms with Crippen LogP contribution in [0.5, 0.6) is 0 Å². The topological polar surface area (TPSA) is 37.4 Å². The van der Waals surface area contributed by atoms with Crippen LogP contribution in [0.3, 0.4) is 0 Å². The molecule has 2 aliphatic rings. The van der Waals surface area contributed by atoms with Crippen LogP contribution in [0.15, 0.2) is 12.2 Å². The molecule has 0 aromatic heterocycles. The third kappa shape index (κ3) is 1.97. The third-order valence-electron chi connectivity index (χ3n) is 2.59. The lowest BCUT2D eigenvalue weighted by Crippen LogP contribution is -2.30. The number of carbonyl (C=O) groups excluding carboxylic acids is 2. The first kappa shape index (κ1) is 8.48. The molecule has 1 aliphatic carbocycles. The van der Waals surface area contributed by atoms with Gasteiger partial charge in [-0.2, -0.15) is 0 Å². The maximum atomic E-state index is 11.1. The summed E-state index contributed by atoms with van der Waals surface area (Å²) in [5.74, 6) is 0.572. The first-order valence-electron chi connectivity index (χ1n) is 4.81. The molecule has 1 saturated carbocycles. The molecular formula is C10H13NO2. The Kier molecular flexibility index (Phi) is 2.17. The fourth-order valence-electron chi connectivity index (χ4n) is 1.60. The van der Waals surface area contributed by atoms with Gasteiger partial charge in [-0.05, 0) is 18.8 Å². The molecule has 0 atom stereocenters. The minimum absolute atomic E-state index is 0.152. The zero-order valence-corrected chi connectivity index (χ0v) is 7.53. The zero-order valence-electron chi connectivity index (χ0n) is 7.53. The van der Waals surface area contributed by atoms with Crippen molar-refractivity contribution in [2.75, 3.05) is 6.54 Å². The first-order valence-corrected chi connectivity index (χ1v) is 4.81. The summed E-state index contributed by atoms with van der Waals surface area (Å²) in [6, 6.07) is 0. The van der Waals surface area contributed by atoms with Crippen LogP contribution in [0.25, 0.3) is 0 Å². The smallest absolute Gasteiger partial charge is 0.253 e. The zero-order chi connectivity index (χ0) is 9.26. The Bertz CT molecular complexity index is 248. The highest BCUT2D eigenvalue weighted by molar-refractivity contribution is 6.12. The fraction of sp³-hybridized carbons (Fsp3) is 0.600. The average Bonchev–Trinajstić information content (AvgIpc) is 2.86. The van der Waals surface area contributed by atoms with E-state index in [1.807, 2.05) is 0 Å². The van der Waals surface area contributed by atoms with Crippen LogP contribution >= 0.6 is 0 Å². The van der Waals surface area contributed by atoms with Gasteiger partial charge in [-0.1, -0.05) is 12.8 Å². The monoisotopic (exact) mass is 179 g/mol. The number of hydrogen-bond donors (Lipinski definition) is 0. The van der Waals surface area contributed by atoms with Gasteiger partial charge in [0.25, 0.3) is 11.8 Å². The van der Waals surface area contributed by atoms with Gasteiger partial charge in [0.05, 0.1) is 0 Å². The molecule has 0 spiro atoms. The van der Waals surface area contributed by atoms with E-state index in [4.69, 9.17) is 0 Å². The molecule has 1 fully saturated rings. The lowest BCUT2D eigenvalue weighted by Gasteiger charge is -2.12. The molecule has 0 radical (unpaired) electrons. The molecule has 0 aromatic rings. The first-order chi connectivity index (χ1) is 6.27. The van der Waals surface area contributed by atoms with E-state index in [1.54, 1.807) is 0 Å². The largest absolute Gasteiger partial charge is 0.275 e. The Labute approximate surface area is 77.4 Å². The molecule has 0 N–H and O–H groups in total. The van der Waals surface area contributed by atoms with Crippen molar-refractivity contribution in [1.82, 2.24) is 4.90 Å². The minimum atomic E-state index is -0.152. The van der Waals surface area contributed by atoms with E-state index in [2.05, 4.69) is 0 Å². The summed E-state index contributed by atoms with van der Waals surface area (Å²) in [5.41, 5.74) is 0. The maximum absolute atomic E-state index is 11.1. The van der Waals surface area contributed by atoms with Crippen LogP contribution in [0.2, 0.25) is 0 Å². The molecule has 0 saturated heterocycles. The van der Waals surface area contributed by atoms with Gasteiger partial charge in [-0.15, -0.1) is 0 Å². The van der Waals surface area contributed by atoms with Crippen LogP contribution in [0.4, 0.5) is 0 Å². The highest BCUT2D eigenvalue weighted by Gasteiger charge is 2.25. The highest BCUT2D eigenvalue weighted by atomic mass is 16.2. The summed E-state index contributed by atoms with van der Waals surface area (Å²) in [7, 11) is 0. The van der Waals surface area contributed by atoms with Gasteiger partial charge >= 0.3 is 0 Å². The van der Waals surface area contributed by atoms with Crippen LogP contribution < -0.4 is 0 Å². The van der Waals surface area contributed by atoms with Gasteiger partial charge < -0.3 is 0 Å². The Hall–Kier alpha value is -1.12. The highest BCUT2D eigenvalue weighted by Crippen LogP contribution is 2.33. The number of imide groups is 1. The maximum Gasteiger partial charge on any atom is 0.253 e. The molecule has 0 unspecified atom stereocenters. The average molecular weight is 179 g/mol. The van der Waals surface area contributed by atoms with Crippen molar-refractivity contribution < 1.29 is 9.59 Å². The molecule has 1 aliphatic heterocycles. The minimum Gasteiger partial charge on any atom is -0.275 e. The van der Waals surface area contributed by atoms with Gasteiger partial charge in [0.2, 0.25) is 0 Å². The van der Waals surface area contributed by atoms with E-state index in [0.29, 0.717) is 6.54 Å². The number of rotatable bonds is 4. The predicted octanol–water partition coefficient (Wildman–Crippen LogP) is 1.10. The van der Waals surface area contributed by atoms with Gasteiger partial charge in [-0.3, -0.25) is 14.5 Å². The molecule has 0 aromatic carbocycles. The SMILES string of the molecule is O=C1C=CC(=O)N1CCCC1CC1. The molecule has 2 amide bonds. The van der Waals surface area contributed by atoms with E-state index >= 15 is 0 Å². The molecule has 0 bridgehead atoms. The second-order valence-electron chi connectivity index (χ2n) is 3.75. The van der Waals surface area contributed by atoms with Crippen LogP contribution in [0.1, 0.15) is 25.7 Å². The quantitative estimate of drug-likeness (QED) is 0.606. The van der Waals surface area contributed by atoms with Gasteiger partial charge in [0.1, 0.15) is 0 Å². The van der Waals surface area contributed by atoms with Crippen molar-refractivity contribution in [3.8, 4) is 0 Å². The summed E-state index contributed by atoms with van der Waals surface area (Å²) in [6.45, 7) is 0.598. The molecule has 3 heteroatoms. The van der Waals surface area contributed by atoms with Crippen molar-refractivity contribution in [3.05, 3.63) is 12.2 Å².